The van der Waals surface area contributed by atoms with Gasteiger partial charge in [0.2, 0.25) is 5.91 Å². The van der Waals surface area contributed by atoms with E-state index in [1.807, 2.05) is 0 Å². The Morgan fingerprint density at radius 3 is 2.50 bits per heavy atom. The van der Waals surface area contributed by atoms with Crippen molar-refractivity contribution in [1.82, 2.24) is 5.32 Å². The fourth-order valence-corrected chi connectivity index (χ4v) is 2.36. The Balaban J connectivity index is 1.85. The molecule has 1 aromatic carbocycles. The zero-order chi connectivity index (χ0) is 14.5. The molecule has 0 radical (unpaired) electrons. The van der Waals surface area contributed by atoms with Gasteiger partial charge < -0.3 is 10.6 Å². The summed E-state index contributed by atoms with van der Waals surface area (Å²) < 4.78 is 39.1. The number of anilines is 1. The van der Waals surface area contributed by atoms with Gasteiger partial charge in [-0.3, -0.25) is 4.79 Å². The third-order valence-electron chi connectivity index (χ3n) is 3.44. The van der Waals surface area contributed by atoms with Gasteiger partial charge in [-0.25, -0.2) is 13.2 Å². The Morgan fingerprint density at radius 1 is 1.10 bits per heavy atom. The van der Waals surface area contributed by atoms with Gasteiger partial charge in [0.1, 0.15) is 0 Å². The molecule has 1 aliphatic carbocycles. The topological polar surface area (TPSA) is 41.1 Å². The molecule has 0 unspecified atom stereocenters. The minimum absolute atomic E-state index is 0.160. The van der Waals surface area contributed by atoms with Crippen LogP contribution in [-0.2, 0) is 4.79 Å². The molecule has 0 bridgehead atoms. The van der Waals surface area contributed by atoms with E-state index in [1.54, 1.807) is 0 Å². The van der Waals surface area contributed by atoms with Gasteiger partial charge in [0.15, 0.2) is 17.5 Å². The van der Waals surface area contributed by atoms with Crippen molar-refractivity contribution in [3.8, 4) is 0 Å². The van der Waals surface area contributed by atoms with E-state index in [1.165, 1.54) is 6.42 Å². The second kappa shape index (κ2) is 6.63. The molecule has 0 atom stereocenters. The van der Waals surface area contributed by atoms with Crippen LogP contribution in [0.15, 0.2) is 12.1 Å². The molecule has 6 heteroatoms. The lowest BCUT2D eigenvalue weighted by molar-refractivity contribution is -0.120. The number of nitrogens with one attached hydrogen (secondary N) is 2. The molecule has 0 aliphatic heterocycles. The van der Waals surface area contributed by atoms with Gasteiger partial charge in [-0.05, 0) is 25.0 Å². The van der Waals surface area contributed by atoms with Gasteiger partial charge in [0, 0.05) is 6.04 Å². The summed E-state index contributed by atoms with van der Waals surface area (Å²) in [5.74, 6) is -4.38. The van der Waals surface area contributed by atoms with Crippen molar-refractivity contribution in [3.05, 3.63) is 29.6 Å². The molecular weight excluding hydrogens is 269 g/mol. The Hall–Kier alpha value is -1.72. The number of rotatable bonds is 4. The maximum Gasteiger partial charge on any atom is 0.239 e. The summed E-state index contributed by atoms with van der Waals surface area (Å²) >= 11 is 0. The van der Waals surface area contributed by atoms with Crippen molar-refractivity contribution in [2.75, 3.05) is 11.9 Å². The monoisotopic (exact) mass is 286 g/mol. The minimum Gasteiger partial charge on any atom is -0.374 e. The lowest BCUT2D eigenvalue weighted by Gasteiger charge is -2.22. The molecular formula is C14H17F3N2O. The molecule has 2 rings (SSSR count). The highest BCUT2D eigenvalue weighted by Crippen LogP contribution is 2.19. The molecule has 2 N–H and O–H groups in total. The van der Waals surface area contributed by atoms with Gasteiger partial charge in [-0.1, -0.05) is 19.3 Å². The van der Waals surface area contributed by atoms with Crippen molar-refractivity contribution in [2.24, 2.45) is 0 Å². The maximum atomic E-state index is 13.4. The van der Waals surface area contributed by atoms with E-state index in [4.69, 9.17) is 0 Å². The fraction of sp³-hybridized carbons (Fsp3) is 0.500. The van der Waals surface area contributed by atoms with Crippen LogP contribution >= 0.6 is 0 Å². The summed E-state index contributed by atoms with van der Waals surface area (Å²) in [4.78, 5) is 11.7. The summed E-state index contributed by atoms with van der Waals surface area (Å²) in [6.07, 6.45) is 5.27. The number of benzene rings is 1. The Morgan fingerprint density at radius 2 is 1.80 bits per heavy atom. The van der Waals surface area contributed by atoms with Crippen LogP contribution in [0.1, 0.15) is 32.1 Å². The molecule has 0 spiro atoms. The lowest BCUT2D eigenvalue weighted by atomic mass is 9.95. The minimum atomic E-state index is -1.54. The van der Waals surface area contributed by atoms with Crippen molar-refractivity contribution in [2.45, 2.75) is 38.1 Å². The Bertz CT molecular complexity index is 488. The first-order valence-corrected chi connectivity index (χ1v) is 6.74. The van der Waals surface area contributed by atoms with Gasteiger partial charge >= 0.3 is 0 Å². The van der Waals surface area contributed by atoms with Crippen LogP contribution in [0.2, 0.25) is 0 Å². The highest BCUT2D eigenvalue weighted by molar-refractivity contribution is 5.81. The zero-order valence-electron chi connectivity index (χ0n) is 11.0. The standard InChI is InChI=1S/C14H17F3N2O/c15-10-6-7-11(14(17)13(10)16)18-8-12(20)19-9-4-2-1-3-5-9/h6-7,9,18H,1-5,8H2,(H,19,20). The summed E-state index contributed by atoms with van der Waals surface area (Å²) in [6.45, 7) is -0.168. The third-order valence-corrected chi connectivity index (χ3v) is 3.44. The largest absolute Gasteiger partial charge is 0.374 e. The van der Waals surface area contributed by atoms with Crippen LogP contribution in [0.25, 0.3) is 0 Å². The smallest absolute Gasteiger partial charge is 0.239 e. The van der Waals surface area contributed by atoms with Crippen LogP contribution < -0.4 is 10.6 Å². The molecule has 3 nitrogen and oxygen atoms in total. The third kappa shape index (κ3) is 3.65. The molecule has 1 amide bonds. The SMILES string of the molecule is O=C(CNc1ccc(F)c(F)c1F)NC1CCCCC1. The second-order valence-corrected chi connectivity index (χ2v) is 4.98. The molecule has 1 aromatic rings. The summed E-state index contributed by atoms with van der Waals surface area (Å²) in [6, 6.07) is 2.05. The molecule has 1 aliphatic rings. The maximum absolute atomic E-state index is 13.4. The van der Waals surface area contributed by atoms with Crippen LogP contribution in [0.4, 0.5) is 18.9 Å². The quantitative estimate of drug-likeness (QED) is 0.836. The average molecular weight is 286 g/mol. The molecule has 0 aromatic heterocycles. The molecule has 110 valence electrons. The van der Waals surface area contributed by atoms with Crippen molar-refractivity contribution < 1.29 is 18.0 Å². The van der Waals surface area contributed by atoms with E-state index in [0.29, 0.717) is 0 Å². The Kier molecular flexibility index (Phi) is 4.87. The van der Waals surface area contributed by atoms with E-state index in [9.17, 15) is 18.0 Å². The number of amides is 1. The average Bonchev–Trinajstić information content (AvgIpc) is 2.45. The van der Waals surface area contributed by atoms with Crippen LogP contribution in [0.5, 0.6) is 0 Å². The van der Waals surface area contributed by atoms with E-state index >= 15 is 0 Å². The van der Waals surface area contributed by atoms with Gasteiger partial charge in [-0.2, -0.15) is 0 Å². The normalized spacial score (nSPS) is 15.9. The molecule has 0 heterocycles. The molecule has 1 saturated carbocycles. The fourth-order valence-electron chi connectivity index (χ4n) is 2.36. The summed E-state index contributed by atoms with van der Waals surface area (Å²) in [5.41, 5.74) is -0.220. The summed E-state index contributed by atoms with van der Waals surface area (Å²) in [7, 11) is 0. The summed E-state index contributed by atoms with van der Waals surface area (Å²) in [5, 5.41) is 5.32. The number of halogens is 3. The predicted octanol–water partition coefficient (Wildman–Crippen LogP) is 2.96. The highest BCUT2D eigenvalue weighted by Gasteiger charge is 2.17. The van der Waals surface area contributed by atoms with Gasteiger partial charge in [0.05, 0.1) is 12.2 Å². The first-order valence-electron chi connectivity index (χ1n) is 6.74. The van der Waals surface area contributed by atoms with Crippen molar-refractivity contribution >= 4 is 11.6 Å². The van der Waals surface area contributed by atoms with E-state index in [-0.39, 0.29) is 24.2 Å². The number of carbonyl (C=O) groups excluding carboxylic acids is 1. The van der Waals surface area contributed by atoms with E-state index in [0.717, 1.165) is 37.8 Å². The highest BCUT2D eigenvalue weighted by atomic mass is 19.2. The second-order valence-electron chi connectivity index (χ2n) is 4.98. The molecule has 0 saturated heterocycles. The first-order chi connectivity index (χ1) is 9.58. The number of carbonyl (C=O) groups is 1. The van der Waals surface area contributed by atoms with Crippen LogP contribution in [0, 0.1) is 17.5 Å². The number of hydrogen-bond donors (Lipinski definition) is 2. The van der Waals surface area contributed by atoms with Crippen LogP contribution in [-0.4, -0.2) is 18.5 Å². The zero-order valence-corrected chi connectivity index (χ0v) is 11.0. The van der Waals surface area contributed by atoms with E-state index in [2.05, 4.69) is 10.6 Å². The number of hydrogen-bond acceptors (Lipinski definition) is 2. The predicted molar refractivity (Wildman–Crippen MR) is 69.8 cm³/mol. The van der Waals surface area contributed by atoms with E-state index < -0.39 is 17.5 Å². The van der Waals surface area contributed by atoms with Gasteiger partial charge in [-0.15, -0.1) is 0 Å². The molecule has 1 fully saturated rings. The van der Waals surface area contributed by atoms with Gasteiger partial charge in [0.25, 0.3) is 0 Å². The molecule has 20 heavy (non-hydrogen) atoms. The first kappa shape index (κ1) is 14.7. The van der Waals surface area contributed by atoms with Crippen LogP contribution in [0.3, 0.4) is 0 Å². The lowest BCUT2D eigenvalue weighted by Crippen LogP contribution is -2.39. The Labute approximate surface area is 115 Å². The van der Waals surface area contributed by atoms with Crippen molar-refractivity contribution in [3.63, 3.8) is 0 Å². The van der Waals surface area contributed by atoms with Crippen molar-refractivity contribution in [1.29, 1.82) is 0 Å².